The van der Waals surface area contributed by atoms with E-state index in [4.69, 9.17) is 16.3 Å². The predicted molar refractivity (Wildman–Crippen MR) is 88.0 cm³/mol. The van der Waals surface area contributed by atoms with Crippen LogP contribution >= 0.6 is 11.6 Å². The summed E-state index contributed by atoms with van der Waals surface area (Å²) in [4.78, 5) is 23.2. The number of hydrogen-bond acceptors (Lipinski definition) is 4. The van der Waals surface area contributed by atoms with Crippen molar-refractivity contribution in [3.8, 4) is 5.75 Å². The summed E-state index contributed by atoms with van der Waals surface area (Å²) in [6.45, 7) is 0.218. The number of nitrogens with one attached hydrogen (secondary N) is 1. The number of carbonyl (C=O) groups is 2. The van der Waals surface area contributed by atoms with Crippen molar-refractivity contribution in [2.45, 2.75) is 6.42 Å². The molecule has 1 amide bonds. The third-order valence-corrected chi connectivity index (χ3v) is 3.33. The molecule has 0 bridgehead atoms. The van der Waals surface area contributed by atoms with E-state index in [1.54, 1.807) is 42.5 Å². The standard InChI is InChI=1S/C17H16ClNO4/c1-22-17(21)12-6-8-13(9-7-12)19-16(20)10-11-23-15-5-3-2-4-14(15)18/h2-9H,10-11H2,1H3,(H,19,20). The molecule has 23 heavy (non-hydrogen) atoms. The van der Waals surface area contributed by atoms with Gasteiger partial charge < -0.3 is 14.8 Å². The van der Waals surface area contributed by atoms with Gasteiger partial charge in [-0.05, 0) is 36.4 Å². The first-order valence-electron chi connectivity index (χ1n) is 6.95. The van der Waals surface area contributed by atoms with E-state index in [1.807, 2.05) is 6.07 Å². The van der Waals surface area contributed by atoms with Crippen molar-refractivity contribution in [3.63, 3.8) is 0 Å². The largest absolute Gasteiger partial charge is 0.491 e. The SMILES string of the molecule is COC(=O)c1ccc(NC(=O)CCOc2ccccc2Cl)cc1. The second-order valence-corrected chi connectivity index (χ2v) is 5.05. The fourth-order valence-electron chi connectivity index (χ4n) is 1.85. The molecule has 0 radical (unpaired) electrons. The Bertz CT molecular complexity index is 685. The molecular weight excluding hydrogens is 318 g/mol. The maximum Gasteiger partial charge on any atom is 0.337 e. The van der Waals surface area contributed by atoms with Crippen LogP contribution in [0.25, 0.3) is 0 Å². The van der Waals surface area contributed by atoms with Gasteiger partial charge in [-0.15, -0.1) is 0 Å². The molecule has 2 rings (SSSR count). The van der Waals surface area contributed by atoms with E-state index in [2.05, 4.69) is 10.1 Å². The average Bonchev–Trinajstić information content (AvgIpc) is 2.56. The molecule has 5 nitrogen and oxygen atoms in total. The molecule has 0 heterocycles. The van der Waals surface area contributed by atoms with Gasteiger partial charge in [0.15, 0.2) is 0 Å². The van der Waals surface area contributed by atoms with Crippen LogP contribution in [-0.4, -0.2) is 25.6 Å². The van der Waals surface area contributed by atoms with E-state index in [0.29, 0.717) is 22.0 Å². The van der Waals surface area contributed by atoms with Gasteiger partial charge in [-0.1, -0.05) is 23.7 Å². The lowest BCUT2D eigenvalue weighted by Crippen LogP contribution is -2.15. The van der Waals surface area contributed by atoms with Crippen molar-refractivity contribution < 1.29 is 19.1 Å². The lowest BCUT2D eigenvalue weighted by atomic mass is 10.2. The Morgan fingerprint density at radius 1 is 1.09 bits per heavy atom. The van der Waals surface area contributed by atoms with Crippen LogP contribution in [0.15, 0.2) is 48.5 Å². The summed E-state index contributed by atoms with van der Waals surface area (Å²) < 4.78 is 10.1. The fourth-order valence-corrected chi connectivity index (χ4v) is 2.04. The molecule has 1 N–H and O–H groups in total. The molecule has 0 unspecified atom stereocenters. The number of ether oxygens (including phenoxy) is 2. The van der Waals surface area contributed by atoms with Crippen LogP contribution in [0.4, 0.5) is 5.69 Å². The molecule has 0 saturated carbocycles. The van der Waals surface area contributed by atoms with E-state index >= 15 is 0 Å². The number of rotatable bonds is 6. The normalized spacial score (nSPS) is 10.0. The first-order chi connectivity index (χ1) is 11.1. The highest BCUT2D eigenvalue weighted by Gasteiger charge is 2.07. The fraction of sp³-hybridized carbons (Fsp3) is 0.176. The number of hydrogen-bond donors (Lipinski definition) is 1. The minimum Gasteiger partial charge on any atom is -0.491 e. The number of amides is 1. The Kier molecular flexibility index (Phi) is 6.00. The van der Waals surface area contributed by atoms with Gasteiger partial charge in [-0.2, -0.15) is 0 Å². The minimum absolute atomic E-state index is 0.185. The molecule has 6 heteroatoms. The molecule has 0 spiro atoms. The first-order valence-corrected chi connectivity index (χ1v) is 7.33. The Morgan fingerprint density at radius 3 is 2.43 bits per heavy atom. The Hall–Kier alpha value is -2.53. The van der Waals surface area contributed by atoms with Gasteiger partial charge in [0.05, 0.1) is 30.7 Å². The topological polar surface area (TPSA) is 64.6 Å². The number of esters is 1. The smallest absolute Gasteiger partial charge is 0.337 e. The van der Waals surface area contributed by atoms with Crippen LogP contribution in [0.2, 0.25) is 5.02 Å². The van der Waals surface area contributed by atoms with Crippen molar-refractivity contribution in [3.05, 3.63) is 59.1 Å². The second-order valence-electron chi connectivity index (χ2n) is 4.65. The van der Waals surface area contributed by atoms with Gasteiger partial charge in [0.1, 0.15) is 5.75 Å². The van der Waals surface area contributed by atoms with Gasteiger partial charge in [-0.3, -0.25) is 4.79 Å². The highest BCUT2D eigenvalue weighted by molar-refractivity contribution is 6.32. The summed E-state index contributed by atoms with van der Waals surface area (Å²) in [6.07, 6.45) is 0.185. The lowest BCUT2D eigenvalue weighted by molar-refractivity contribution is -0.116. The number of carbonyl (C=O) groups excluding carboxylic acids is 2. The summed E-state index contributed by atoms with van der Waals surface area (Å²) in [5.41, 5.74) is 1.02. The van der Waals surface area contributed by atoms with Crippen LogP contribution in [-0.2, 0) is 9.53 Å². The Morgan fingerprint density at radius 2 is 1.78 bits per heavy atom. The van der Waals surface area contributed by atoms with Gasteiger partial charge in [0.2, 0.25) is 5.91 Å². The second kappa shape index (κ2) is 8.19. The van der Waals surface area contributed by atoms with Gasteiger partial charge in [0.25, 0.3) is 0 Å². The van der Waals surface area contributed by atoms with Crippen molar-refractivity contribution in [1.29, 1.82) is 0 Å². The van der Waals surface area contributed by atoms with E-state index < -0.39 is 5.97 Å². The third kappa shape index (κ3) is 5.00. The third-order valence-electron chi connectivity index (χ3n) is 3.01. The zero-order valence-electron chi connectivity index (χ0n) is 12.5. The number of benzene rings is 2. The Balaban J connectivity index is 1.81. The van der Waals surface area contributed by atoms with Gasteiger partial charge in [-0.25, -0.2) is 4.79 Å². The van der Waals surface area contributed by atoms with Crippen molar-refractivity contribution >= 4 is 29.2 Å². The quantitative estimate of drug-likeness (QED) is 0.821. The summed E-state index contributed by atoms with van der Waals surface area (Å²) in [6, 6.07) is 13.5. The zero-order valence-corrected chi connectivity index (χ0v) is 13.3. The highest BCUT2D eigenvalue weighted by Crippen LogP contribution is 2.23. The van der Waals surface area contributed by atoms with Crippen molar-refractivity contribution in [2.24, 2.45) is 0 Å². The monoisotopic (exact) mass is 333 g/mol. The van der Waals surface area contributed by atoms with E-state index in [9.17, 15) is 9.59 Å². The summed E-state index contributed by atoms with van der Waals surface area (Å²) in [5.74, 6) is -0.0664. The summed E-state index contributed by atoms with van der Waals surface area (Å²) in [7, 11) is 1.32. The Labute approximate surface area is 139 Å². The van der Waals surface area contributed by atoms with E-state index in [0.717, 1.165) is 0 Å². The number of para-hydroxylation sites is 1. The van der Waals surface area contributed by atoms with Crippen LogP contribution in [0, 0.1) is 0 Å². The number of halogens is 1. The first kappa shape index (κ1) is 16.8. The lowest BCUT2D eigenvalue weighted by Gasteiger charge is -2.08. The number of methoxy groups -OCH3 is 1. The molecule has 0 aliphatic heterocycles. The highest BCUT2D eigenvalue weighted by atomic mass is 35.5. The maximum absolute atomic E-state index is 11.8. The number of anilines is 1. The van der Waals surface area contributed by atoms with Crippen LogP contribution < -0.4 is 10.1 Å². The van der Waals surface area contributed by atoms with Crippen molar-refractivity contribution in [1.82, 2.24) is 0 Å². The molecule has 0 aromatic heterocycles. The molecule has 0 fully saturated rings. The van der Waals surface area contributed by atoms with Crippen molar-refractivity contribution in [2.75, 3.05) is 19.0 Å². The molecule has 0 aliphatic carbocycles. The molecular formula is C17H16ClNO4. The maximum atomic E-state index is 11.8. The minimum atomic E-state index is -0.420. The molecule has 2 aromatic carbocycles. The molecule has 2 aromatic rings. The molecule has 0 atom stereocenters. The van der Waals surface area contributed by atoms with Crippen LogP contribution in [0.1, 0.15) is 16.8 Å². The zero-order chi connectivity index (χ0) is 16.7. The van der Waals surface area contributed by atoms with Gasteiger partial charge in [0, 0.05) is 5.69 Å². The van der Waals surface area contributed by atoms with E-state index in [1.165, 1.54) is 7.11 Å². The van der Waals surface area contributed by atoms with E-state index in [-0.39, 0.29) is 18.9 Å². The predicted octanol–water partition coefficient (Wildman–Crippen LogP) is 3.53. The molecule has 120 valence electrons. The molecule has 0 aliphatic rings. The van der Waals surface area contributed by atoms with Crippen LogP contribution in [0.5, 0.6) is 5.75 Å². The van der Waals surface area contributed by atoms with Gasteiger partial charge >= 0.3 is 5.97 Å². The summed E-state index contributed by atoms with van der Waals surface area (Å²) in [5, 5.41) is 3.23. The molecule has 0 saturated heterocycles. The van der Waals surface area contributed by atoms with Crippen LogP contribution in [0.3, 0.4) is 0 Å². The summed E-state index contributed by atoms with van der Waals surface area (Å²) >= 11 is 5.96. The average molecular weight is 334 g/mol.